The summed E-state index contributed by atoms with van der Waals surface area (Å²) in [5.74, 6) is 0.368. The highest BCUT2D eigenvalue weighted by molar-refractivity contribution is 7.16. The number of rotatable bonds is 5. The Morgan fingerprint density at radius 1 is 1.45 bits per heavy atom. The smallest absolute Gasteiger partial charge is 0.338 e. The lowest BCUT2D eigenvalue weighted by Crippen LogP contribution is -2.36. The fourth-order valence-corrected chi connectivity index (χ4v) is 2.53. The van der Waals surface area contributed by atoms with E-state index in [0.29, 0.717) is 23.1 Å². The van der Waals surface area contributed by atoms with Gasteiger partial charge in [0.1, 0.15) is 10.2 Å². The molecule has 4 N–H and O–H groups in total. The molecule has 0 aromatic carbocycles. The van der Waals surface area contributed by atoms with Crippen LogP contribution in [0.3, 0.4) is 0 Å². The van der Waals surface area contributed by atoms with Gasteiger partial charge in [-0.05, 0) is 6.92 Å². The van der Waals surface area contributed by atoms with Crippen LogP contribution in [0.1, 0.15) is 16.5 Å². The van der Waals surface area contributed by atoms with Crippen LogP contribution in [0.5, 0.6) is 0 Å². The maximum atomic E-state index is 11.5. The quantitative estimate of drug-likeness (QED) is 0.645. The zero-order chi connectivity index (χ0) is 14.5. The first-order chi connectivity index (χ1) is 9.54. The van der Waals surface area contributed by atoms with Gasteiger partial charge in [0.25, 0.3) is 0 Å². The van der Waals surface area contributed by atoms with Crippen LogP contribution in [0.15, 0.2) is 4.79 Å². The number of halogens is 1. The molecule has 2 rings (SSSR count). The van der Waals surface area contributed by atoms with E-state index in [9.17, 15) is 9.59 Å². The fraction of sp³-hybridized carbons (Fsp3) is 0.400. The molecule has 0 aliphatic heterocycles. The number of hydrogen-bond acceptors (Lipinski definition) is 5. The Hall–Kier alpha value is -1.87. The standard InChI is InChI=1S/C10H13ClN6O2S/c1-5-8(11)20-7(14-5)2-3-12-9(18)13-4-6-15-10(19)17-16-6/h2-4H2,1H3,(H2,12,13,18)(H2,15,16,17,19). The number of urea groups is 1. The van der Waals surface area contributed by atoms with Crippen LogP contribution in [0, 0.1) is 6.92 Å². The van der Waals surface area contributed by atoms with Crippen molar-refractivity contribution >= 4 is 29.0 Å². The van der Waals surface area contributed by atoms with Gasteiger partial charge in [-0.3, -0.25) is 4.98 Å². The third kappa shape index (κ3) is 4.07. The van der Waals surface area contributed by atoms with Crippen LogP contribution in [0.25, 0.3) is 0 Å². The predicted molar refractivity (Wildman–Crippen MR) is 75.0 cm³/mol. The lowest BCUT2D eigenvalue weighted by Gasteiger charge is -2.04. The first kappa shape index (κ1) is 14.5. The normalized spacial score (nSPS) is 10.5. The summed E-state index contributed by atoms with van der Waals surface area (Å²) in [6.07, 6.45) is 0.616. The van der Waals surface area contributed by atoms with E-state index in [1.54, 1.807) is 0 Å². The third-order valence-corrected chi connectivity index (χ3v) is 3.89. The number of nitrogens with one attached hydrogen (secondary N) is 4. The van der Waals surface area contributed by atoms with Crippen molar-refractivity contribution in [1.29, 1.82) is 0 Å². The van der Waals surface area contributed by atoms with Crippen molar-refractivity contribution in [3.63, 3.8) is 0 Å². The summed E-state index contributed by atoms with van der Waals surface area (Å²) < 4.78 is 0.673. The minimum atomic E-state index is -0.404. The van der Waals surface area contributed by atoms with Gasteiger partial charge >= 0.3 is 11.7 Å². The van der Waals surface area contributed by atoms with Gasteiger partial charge in [-0.25, -0.2) is 19.7 Å². The number of thiazole rings is 1. The minimum absolute atomic E-state index is 0.146. The highest BCUT2D eigenvalue weighted by Gasteiger charge is 2.06. The van der Waals surface area contributed by atoms with Crippen LogP contribution < -0.4 is 16.3 Å². The van der Waals surface area contributed by atoms with E-state index in [-0.39, 0.29) is 12.6 Å². The lowest BCUT2D eigenvalue weighted by molar-refractivity contribution is 0.240. The second kappa shape index (κ2) is 6.53. The number of amides is 2. The summed E-state index contributed by atoms with van der Waals surface area (Å²) in [5.41, 5.74) is 0.400. The summed E-state index contributed by atoms with van der Waals surface area (Å²) in [6, 6.07) is -0.340. The molecule has 0 radical (unpaired) electrons. The Kier molecular flexibility index (Phi) is 4.74. The number of aromatic amines is 2. The van der Waals surface area contributed by atoms with E-state index in [4.69, 9.17) is 11.6 Å². The summed E-state index contributed by atoms with van der Waals surface area (Å²) in [7, 11) is 0. The molecule has 2 heterocycles. The number of carbonyl (C=O) groups is 1. The average molecular weight is 317 g/mol. The van der Waals surface area contributed by atoms with E-state index >= 15 is 0 Å². The summed E-state index contributed by atoms with van der Waals surface area (Å²) in [6.45, 7) is 2.44. The molecule has 2 aromatic rings. The van der Waals surface area contributed by atoms with Crippen molar-refractivity contribution < 1.29 is 4.79 Å². The molecule has 0 bridgehead atoms. The Balaban J connectivity index is 1.68. The minimum Gasteiger partial charge on any atom is -0.338 e. The molecular weight excluding hydrogens is 304 g/mol. The molecule has 0 aliphatic carbocycles. The predicted octanol–water partition coefficient (Wildman–Crippen LogP) is 0.558. The van der Waals surface area contributed by atoms with Crippen LogP contribution in [0.4, 0.5) is 4.79 Å². The number of carbonyl (C=O) groups excluding carboxylic acids is 1. The number of aromatic nitrogens is 4. The van der Waals surface area contributed by atoms with Gasteiger partial charge in [0, 0.05) is 13.0 Å². The van der Waals surface area contributed by atoms with Gasteiger partial charge in [-0.15, -0.1) is 11.3 Å². The van der Waals surface area contributed by atoms with Crippen LogP contribution in [0.2, 0.25) is 4.34 Å². The molecule has 10 heteroatoms. The Bertz CT molecular complexity index is 629. The van der Waals surface area contributed by atoms with E-state index in [1.165, 1.54) is 11.3 Å². The Morgan fingerprint density at radius 2 is 2.25 bits per heavy atom. The topological polar surface area (TPSA) is 116 Å². The van der Waals surface area contributed by atoms with Gasteiger partial charge < -0.3 is 10.6 Å². The highest BCUT2D eigenvalue weighted by Crippen LogP contribution is 2.23. The lowest BCUT2D eigenvalue weighted by atomic mass is 10.4. The first-order valence-corrected chi connectivity index (χ1v) is 7.01. The maximum absolute atomic E-state index is 11.5. The number of H-pyrrole nitrogens is 2. The van der Waals surface area contributed by atoms with Crippen molar-refractivity contribution in [2.45, 2.75) is 19.9 Å². The molecule has 0 aliphatic rings. The molecule has 8 nitrogen and oxygen atoms in total. The van der Waals surface area contributed by atoms with Gasteiger partial charge in [-0.2, -0.15) is 5.10 Å². The largest absolute Gasteiger partial charge is 0.340 e. The van der Waals surface area contributed by atoms with Gasteiger partial charge in [-0.1, -0.05) is 11.6 Å². The second-order valence-corrected chi connectivity index (χ2v) is 5.64. The Labute approximate surface area is 123 Å². The molecule has 0 atom stereocenters. The molecule has 0 fully saturated rings. The molecule has 0 unspecified atom stereocenters. The third-order valence-electron chi connectivity index (χ3n) is 2.38. The SMILES string of the molecule is Cc1nc(CCNC(=O)NCc2n[nH]c(=O)[nH]2)sc1Cl. The molecule has 0 saturated carbocycles. The molecular formula is C10H13ClN6O2S. The zero-order valence-electron chi connectivity index (χ0n) is 10.6. The molecule has 2 amide bonds. The van der Waals surface area contributed by atoms with E-state index in [0.717, 1.165) is 10.7 Å². The van der Waals surface area contributed by atoms with Gasteiger partial charge in [0.2, 0.25) is 0 Å². The van der Waals surface area contributed by atoms with Gasteiger partial charge in [0.15, 0.2) is 0 Å². The molecule has 20 heavy (non-hydrogen) atoms. The van der Waals surface area contributed by atoms with Crippen molar-refractivity contribution in [3.05, 3.63) is 31.3 Å². The molecule has 2 aromatic heterocycles. The molecule has 0 spiro atoms. The molecule has 108 valence electrons. The van der Waals surface area contributed by atoms with Crippen molar-refractivity contribution in [1.82, 2.24) is 30.8 Å². The van der Waals surface area contributed by atoms with Crippen LogP contribution in [-0.2, 0) is 13.0 Å². The van der Waals surface area contributed by atoms with Crippen molar-refractivity contribution in [2.75, 3.05) is 6.54 Å². The summed E-state index contributed by atoms with van der Waals surface area (Å²) in [5, 5.41) is 12.0. The monoisotopic (exact) mass is 316 g/mol. The number of nitrogens with zero attached hydrogens (tertiary/aromatic N) is 2. The van der Waals surface area contributed by atoms with E-state index in [1.807, 2.05) is 6.92 Å². The van der Waals surface area contributed by atoms with E-state index in [2.05, 4.69) is 30.8 Å². The first-order valence-electron chi connectivity index (χ1n) is 5.81. The van der Waals surface area contributed by atoms with Crippen molar-refractivity contribution in [3.8, 4) is 0 Å². The maximum Gasteiger partial charge on any atom is 0.340 e. The molecule has 0 saturated heterocycles. The second-order valence-electron chi connectivity index (χ2n) is 3.95. The van der Waals surface area contributed by atoms with Gasteiger partial charge in [0.05, 0.1) is 17.2 Å². The van der Waals surface area contributed by atoms with Crippen molar-refractivity contribution in [2.24, 2.45) is 0 Å². The summed E-state index contributed by atoms with van der Waals surface area (Å²) in [4.78, 5) is 29.0. The van der Waals surface area contributed by atoms with Crippen LogP contribution >= 0.6 is 22.9 Å². The number of hydrogen-bond donors (Lipinski definition) is 4. The fourth-order valence-electron chi connectivity index (χ4n) is 1.44. The highest BCUT2D eigenvalue weighted by atomic mass is 35.5. The Morgan fingerprint density at radius 3 is 2.85 bits per heavy atom. The number of aryl methyl sites for hydroxylation is 1. The van der Waals surface area contributed by atoms with E-state index < -0.39 is 5.69 Å². The summed E-state index contributed by atoms with van der Waals surface area (Å²) >= 11 is 7.32. The van der Waals surface area contributed by atoms with Crippen LogP contribution in [-0.4, -0.2) is 32.7 Å². The average Bonchev–Trinajstić information content (AvgIpc) is 2.94. The zero-order valence-corrected chi connectivity index (χ0v) is 12.2.